The zero-order valence-electron chi connectivity index (χ0n) is 15.4. The highest BCUT2D eigenvalue weighted by Crippen LogP contribution is 2.19. The summed E-state index contributed by atoms with van der Waals surface area (Å²) < 4.78 is 0.896. The van der Waals surface area contributed by atoms with E-state index >= 15 is 0 Å². The number of hydrazine groups is 1. The van der Waals surface area contributed by atoms with Gasteiger partial charge in [0.05, 0.1) is 0 Å². The molecule has 1 aliphatic rings. The van der Waals surface area contributed by atoms with E-state index in [2.05, 4.69) is 21.2 Å². The van der Waals surface area contributed by atoms with Gasteiger partial charge in [0.25, 0.3) is 5.91 Å². The number of carbonyl (C=O) groups excluding carboxylic acids is 3. The first-order chi connectivity index (χ1) is 13.5. The Morgan fingerprint density at radius 1 is 0.893 bits per heavy atom. The van der Waals surface area contributed by atoms with Gasteiger partial charge in [0.2, 0.25) is 11.8 Å². The number of hydrogen-bond acceptors (Lipinski definition) is 3. The molecule has 6 nitrogen and oxygen atoms in total. The van der Waals surface area contributed by atoms with Crippen molar-refractivity contribution in [3.63, 3.8) is 0 Å². The Balaban J connectivity index is 1.49. The van der Waals surface area contributed by atoms with E-state index in [9.17, 15) is 14.4 Å². The normalized spacial score (nSPS) is 13.5. The maximum Gasteiger partial charge on any atom is 0.272 e. The second-order valence-corrected chi connectivity index (χ2v) is 7.49. The molecule has 1 N–H and O–H groups in total. The first-order valence-electron chi connectivity index (χ1n) is 9.27. The number of carbonyl (C=O) groups is 3. The Morgan fingerprint density at radius 2 is 1.57 bits per heavy atom. The molecule has 0 aromatic heterocycles. The van der Waals surface area contributed by atoms with Crippen molar-refractivity contribution in [2.45, 2.75) is 25.7 Å². The van der Waals surface area contributed by atoms with Crippen LogP contribution in [0, 0.1) is 0 Å². The molecule has 2 aromatic rings. The smallest absolute Gasteiger partial charge is 0.272 e. The summed E-state index contributed by atoms with van der Waals surface area (Å²) in [5.74, 6) is -0.432. The molecule has 7 heteroatoms. The first-order valence-corrected chi connectivity index (χ1v) is 10.1. The monoisotopic (exact) mass is 443 g/mol. The van der Waals surface area contributed by atoms with E-state index in [4.69, 9.17) is 0 Å². The fourth-order valence-corrected chi connectivity index (χ4v) is 3.36. The van der Waals surface area contributed by atoms with E-state index in [0.717, 1.165) is 16.6 Å². The topological polar surface area (TPSA) is 69.7 Å². The van der Waals surface area contributed by atoms with Crippen molar-refractivity contribution in [1.29, 1.82) is 0 Å². The van der Waals surface area contributed by atoms with Gasteiger partial charge in [-0.3, -0.25) is 19.4 Å². The average Bonchev–Trinajstić information content (AvgIpc) is 3.18. The van der Waals surface area contributed by atoms with Crippen LogP contribution < -0.4 is 5.32 Å². The fraction of sp³-hybridized carbons (Fsp3) is 0.286. The maximum absolute atomic E-state index is 12.7. The lowest BCUT2D eigenvalue weighted by atomic mass is 10.2. The highest BCUT2D eigenvalue weighted by atomic mass is 79.9. The number of halogens is 1. The lowest BCUT2D eigenvalue weighted by molar-refractivity contribution is -0.140. The number of hydrogen-bond donors (Lipinski definition) is 1. The minimum Gasteiger partial charge on any atom is -0.326 e. The van der Waals surface area contributed by atoms with Crippen molar-refractivity contribution < 1.29 is 14.4 Å². The molecule has 3 amide bonds. The summed E-state index contributed by atoms with van der Waals surface area (Å²) in [6.45, 7) is 1.05. The lowest BCUT2D eigenvalue weighted by Crippen LogP contribution is -2.44. The van der Waals surface area contributed by atoms with Crippen LogP contribution in [0.5, 0.6) is 0 Å². The SMILES string of the molecule is O=C(CCCC(=O)N1CCCN1C(=O)c1ccc(Br)cc1)Nc1ccccc1. The van der Waals surface area contributed by atoms with Crippen LogP contribution >= 0.6 is 15.9 Å². The van der Waals surface area contributed by atoms with Crippen LogP contribution in [0.2, 0.25) is 0 Å². The van der Waals surface area contributed by atoms with Crippen LogP contribution in [0.25, 0.3) is 0 Å². The predicted molar refractivity (Wildman–Crippen MR) is 110 cm³/mol. The number of benzene rings is 2. The molecule has 1 fully saturated rings. The molecule has 0 atom stereocenters. The molecule has 1 aliphatic heterocycles. The summed E-state index contributed by atoms with van der Waals surface area (Å²) >= 11 is 3.35. The van der Waals surface area contributed by atoms with Gasteiger partial charge in [0.1, 0.15) is 0 Å². The highest BCUT2D eigenvalue weighted by molar-refractivity contribution is 9.10. The zero-order chi connectivity index (χ0) is 19.9. The van der Waals surface area contributed by atoms with E-state index in [-0.39, 0.29) is 30.6 Å². The van der Waals surface area contributed by atoms with E-state index in [1.807, 2.05) is 30.3 Å². The predicted octanol–water partition coefficient (Wildman–Crippen LogP) is 3.85. The zero-order valence-corrected chi connectivity index (χ0v) is 17.0. The summed E-state index contributed by atoms with van der Waals surface area (Å²) in [6.07, 6.45) is 1.68. The summed E-state index contributed by atoms with van der Waals surface area (Å²) in [5.41, 5.74) is 1.29. The third-order valence-corrected chi connectivity index (χ3v) is 5.03. The quantitative estimate of drug-likeness (QED) is 0.736. The van der Waals surface area contributed by atoms with Crippen molar-refractivity contribution in [3.05, 3.63) is 64.6 Å². The van der Waals surface area contributed by atoms with Gasteiger partial charge < -0.3 is 5.32 Å². The van der Waals surface area contributed by atoms with Crippen LogP contribution in [0.4, 0.5) is 5.69 Å². The van der Waals surface area contributed by atoms with E-state index in [1.165, 1.54) is 10.0 Å². The van der Waals surface area contributed by atoms with Gasteiger partial charge >= 0.3 is 0 Å². The van der Waals surface area contributed by atoms with Crippen LogP contribution in [-0.2, 0) is 9.59 Å². The number of rotatable bonds is 6. The van der Waals surface area contributed by atoms with Crippen LogP contribution in [0.1, 0.15) is 36.0 Å². The van der Waals surface area contributed by atoms with Crippen molar-refractivity contribution in [3.8, 4) is 0 Å². The molecule has 28 heavy (non-hydrogen) atoms. The molecule has 0 bridgehead atoms. The number of para-hydroxylation sites is 1. The molecular formula is C21H22BrN3O3. The molecule has 0 aliphatic carbocycles. The maximum atomic E-state index is 12.7. The van der Waals surface area contributed by atoms with E-state index in [0.29, 0.717) is 25.1 Å². The summed E-state index contributed by atoms with van der Waals surface area (Å²) in [6, 6.07) is 16.3. The molecule has 3 rings (SSSR count). The third kappa shape index (κ3) is 5.19. The van der Waals surface area contributed by atoms with E-state index in [1.54, 1.807) is 24.3 Å². The number of nitrogens with zero attached hydrogens (tertiary/aromatic N) is 2. The first kappa shape index (κ1) is 20.1. The lowest BCUT2D eigenvalue weighted by Gasteiger charge is -2.28. The number of anilines is 1. The van der Waals surface area contributed by atoms with Crippen molar-refractivity contribution in [2.75, 3.05) is 18.4 Å². The molecule has 1 saturated heterocycles. The summed E-state index contributed by atoms with van der Waals surface area (Å²) in [4.78, 5) is 37.3. The Labute approximate surface area is 172 Å². The molecule has 146 valence electrons. The fourth-order valence-electron chi connectivity index (χ4n) is 3.10. The third-order valence-electron chi connectivity index (χ3n) is 4.50. The van der Waals surface area contributed by atoms with Gasteiger partial charge in [-0.2, -0.15) is 0 Å². The number of amides is 3. The van der Waals surface area contributed by atoms with Gasteiger partial charge in [-0.1, -0.05) is 34.1 Å². The van der Waals surface area contributed by atoms with Gasteiger partial charge in [-0.15, -0.1) is 0 Å². The second kappa shape index (κ2) is 9.50. The van der Waals surface area contributed by atoms with Crippen LogP contribution in [0.15, 0.2) is 59.1 Å². The largest absolute Gasteiger partial charge is 0.326 e. The molecule has 2 aromatic carbocycles. The van der Waals surface area contributed by atoms with Gasteiger partial charge in [-0.05, 0) is 49.2 Å². The Morgan fingerprint density at radius 3 is 2.29 bits per heavy atom. The molecule has 0 saturated carbocycles. The van der Waals surface area contributed by atoms with Crippen LogP contribution in [-0.4, -0.2) is 40.8 Å². The summed E-state index contributed by atoms with van der Waals surface area (Å²) in [7, 11) is 0. The van der Waals surface area contributed by atoms with Crippen LogP contribution in [0.3, 0.4) is 0 Å². The number of nitrogens with one attached hydrogen (secondary N) is 1. The minimum absolute atomic E-state index is 0.122. The van der Waals surface area contributed by atoms with Gasteiger partial charge in [0.15, 0.2) is 0 Å². The standard InChI is InChI=1S/C21H22BrN3O3/c22-17-12-10-16(11-13-17)21(28)25-15-5-14-24(25)20(27)9-4-8-19(26)23-18-6-2-1-3-7-18/h1-3,6-7,10-13H,4-5,8-9,14-15H2,(H,23,26). The van der Waals surface area contributed by atoms with Gasteiger partial charge in [-0.25, -0.2) is 5.01 Å². The molecule has 0 unspecified atom stereocenters. The molecule has 0 radical (unpaired) electrons. The molecule has 1 heterocycles. The molecular weight excluding hydrogens is 422 g/mol. The van der Waals surface area contributed by atoms with Crippen molar-refractivity contribution in [1.82, 2.24) is 10.0 Å². The Hall–Kier alpha value is -2.67. The average molecular weight is 444 g/mol. The second-order valence-electron chi connectivity index (χ2n) is 6.57. The minimum atomic E-state index is -0.180. The van der Waals surface area contributed by atoms with Crippen molar-refractivity contribution >= 4 is 39.3 Å². The Kier molecular flexibility index (Phi) is 6.81. The highest BCUT2D eigenvalue weighted by Gasteiger charge is 2.30. The Bertz CT molecular complexity index is 840. The van der Waals surface area contributed by atoms with Gasteiger partial charge in [0, 0.05) is 41.7 Å². The molecule has 0 spiro atoms. The summed E-state index contributed by atoms with van der Waals surface area (Å²) in [5, 5.41) is 5.83. The van der Waals surface area contributed by atoms with E-state index < -0.39 is 0 Å². The van der Waals surface area contributed by atoms with Crippen molar-refractivity contribution in [2.24, 2.45) is 0 Å².